The van der Waals surface area contributed by atoms with E-state index in [0.717, 1.165) is 24.1 Å². The number of aryl methyl sites for hydroxylation is 1. The predicted molar refractivity (Wildman–Crippen MR) is 67.5 cm³/mol. The first kappa shape index (κ1) is 10.3. The molecule has 0 saturated heterocycles. The number of anilines is 1. The standard InChI is InChI=1S/C15H14FN/c16-13-7-9-15-12(10-13)6-8-14(17-15)11-4-2-1-3-5-11/h1-5,7,9-10,14,17H,6,8H2. The minimum Gasteiger partial charge on any atom is -0.378 e. The van der Waals surface area contributed by atoms with Gasteiger partial charge in [0.25, 0.3) is 0 Å². The van der Waals surface area contributed by atoms with E-state index in [4.69, 9.17) is 0 Å². The van der Waals surface area contributed by atoms with Crippen molar-refractivity contribution >= 4 is 5.69 Å². The molecule has 3 rings (SSSR count). The van der Waals surface area contributed by atoms with E-state index in [0.29, 0.717) is 6.04 Å². The van der Waals surface area contributed by atoms with Crippen molar-refractivity contribution in [3.05, 3.63) is 65.5 Å². The molecule has 1 atom stereocenters. The zero-order valence-electron chi connectivity index (χ0n) is 9.49. The molecule has 2 aromatic rings. The summed E-state index contributed by atoms with van der Waals surface area (Å²) < 4.78 is 13.1. The van der Waals surface area contributed by atoms with Crippen LogP contribution in [0, 0.1) is 5.82 Å². The Hall–Kier alpha value is -1.83. The first-order valence-corrected chi connectivity index (χ1v) is 5.93. The molecule has 2 heteroatoms. The van der Waals surface area contributed by atoms with Crippen LogP contribution in [-0.4, -0.2) is 0 Å². The highest BCUT2D eigenvalue weighted by molar-refractivity contribution is 5.55. The summed E-state index contributed by atoms with van der Waals surface area (Å²) in [5.41, 5.74) is 3.44. The van der Waals surface area contributed by atoms with Gasteiger partial charge in [-0.25, -0.2) is 4.39 Å². The number of hydrogen-bond acceptors (Lipinski definition) is 1. The number of nitrogens with one attached hydrogen (secondary N) is 1. The van der Waals surface area contributed by atoms with Crippen molar-refractivity contribution < 1.29 is 4.39 Å². The first-order chi connectivity index (χ1) is 8.33. The Balaban J connectivity index is 1.88. The molecule has 1 heterocycles. The average Bonchev–Trinajstić information content (AvgIpc) is 2.39. The fourth-order valence-corrected chi connectivity index (χ4v) is 2.41. The van der Waals surface area contributed by atoms with Gasteiger partial charge in [-0.3, -0.25) is 0 Å². The molecule has 0 fully saturated rings. The van der Waals surface area contributed by atoms with Crippen LogP contribution in [0.3, 0.4) is 0 Å². The van der Waals surface area contributed by atoms with Gasteiger partial charge in [0.1, 0.15) is 5.82 Å². The number of hydrogen-bond donors (Lipinski definition) is 1. The van der Waals surface area contributed by atoms with Crippen LogP contribution in [0.5, 0.6) is 0 Å². The summed E-state index contributed by atoms with van der Waals surface area (Å²) in [7, 11) is 0. The van der Waals surface area contributed by atoms with E-state index in [1.807, 2.05) is 12.1 Å². The molecular weight excluding hydrogens is 213 g/mol. The van der Waals surface area contributed by atoms with Crippen LogP contribution in [0.15, 0.2) is 48.5 Å². The summed E-state index contributed by atoms with van der Waals surface area (Å²) in [5.74, 6) is -0.149. The monoisotopic (exact) mass is 227 g/mol. The lowest BCUT2D eigenvalue weighted by molar-refractivity contribution is 0.616. The van der Waals surface area contributed by atoms with Crippen LogP contribution >= 0.6 is 0 Å². The summed E-state index contributed by atoms with van der Waals surface area (Å²) in [4.78, 5) is 0. The topological polar surface area (TPSA) is 12.0 Å². The van der Waals surface area contributed by atoms with Crippen molar-refractivity contribution in [1.82, 2.24) is 0 Å². The molecule has 17 heavy (non-hydrogen) atoms. The summed E-state index contributed by atoms with van der Waals surface area (Å²) in [6.07, 6.45) is 1.94. The average molecular weight is 227 g/mol. The van der Waals surface area contributed by atoms with Crippen molar-refractivity contribution in [2.45, 2.75) is 18.9 Å². The van der Waals surface area contributed by atoms with Crippen molar-refractivity contribution in [2.75, 3.05) is 5.32 Å². The largest absolute Gasteiger partial charge is 0.378 e. The van der Waals surface area contributed by atoms with Crippen LogP contribution in [-0.2, 0) is 6.42 Å². The lowest BCUT2D eigenvalue weighted by atomic mass is 9.93. The van der Waals surface area contributed by atoms with Gasteiger partial charge in [0.15, 0.2) is 0 Å². The van der Waals surface area contributed by atoms with E-state index in [2.05, 4.69) is 29.6 Å². The van der Waals surface area contributed by atoms with Gasteiger partial charge in [0.05, 0.1) is 6.04 Å². The van der Waals surface area contributed by atoms with Crippen molar-refractivity contribution in [3.63, 3.8) is 0 Å². The van der Waals surface area contributed by atoms with E-state index >= 15 is 0 Å². The van der Waals surface area contributed by atoms with Crippen LogP contribution < -0.4 is 5.32 Å². The third kappa shape index (κ3) is 2.03. The number of fused-ring (bicyclic) bond motifs is 1. The van der Waals surface area contributed by atoms with Gasteiger partial charge in [0, 0.05) is 5.69 Å². The molecule has 2 aromatic carbocycles. The second-order valence-corrected chi connectivity index (χ2v) is 4.45. The molecule has 1 aliphatic rings. The smallest absolute Gasteiger partial charge is 0.123 e. The highest BCUT2D eigenvalue weighted by Gasteiger charge is 2.18. The molecule has 0 saturated carbocycles. The van der Waals surface area contributed by atoms with Crippen LogP contribution in [0.4, 0.5) is 10.1 Å². The molecule has 0 amide bonds. The molecule has 1 nitrogen and oxygen atoms in total. The maximum Gasteiger partial charge on any atom is 0.123 e. The van der Waals surface area contributed by atoms with Crippen LogP contribution in [0.2, 0.25) is 0 Å². The minimum atomic E-state index is -0.149. The fourth-order valence-electron chi connectivity index (χ4n) is 2.41. The Kier molecular flexibility index (Phi) is 2.56. The molecule has 1 N–H and O–H groups in total. The number of rotatable bonds is 1. The molecule has 0 aliphatic carbocycles. The van der Waals surface area contributed by atoms with Crippen LogP contribution in [0.25, 0.3) is 0 Å². The van der Waals surface area contributed by atoms with Crippen LogP contribution in [0.1, 0.15) is 23.6 Å². The fraction of sp³-hybridized carbons (Fsp3) is 0.200. The highest BCUT2D eigenvalue weighted by atomic mass is 19.1. The molecule has 0 spiro atoms. The first-order valence-electron chi connectivity index (χ1n) is 5.93. The van der Waals surface area contributed by atoms with Crippen molar-refractivity contribution in [1.29, 1.82) is 0 Å². The van der Waals surface area contributed by atoms with Gasteiger partial charge in [-0.15, -0.1) is 0 Å². The van der Waals surface area contributed by atoms with E-state index in [1.165, 1.54) is 11.6 Å². The molecule has 0 aromatic heterocycles. The van der Waals surface area contributed by atoms with Gasteiger partial charge < -0.3 is 5.32 Å². The molecule has 0 radical (unpaired) electrons. The zero-order chi connectivity index (χ0) is 11.7. The molecular formula is C15H14FN. The van der Waals surface area contributed by atoms with Gasteiger partial charge in [-0.05, 0) is 42.2 Å². The Morgan fingerprint density at radius 3 is 2.71 bits per heavy atom. The molecule has 1 unspecified atom stereocenters. The number of halogens is 1. The second kappa shape index (κ2) is 4.21. The SMILES string of the molecule is Fc1ccc2c(c1)CCC(c1ccccc1)N2. The summed E-state index contributed by atoms with van der Waals surface area (Å²) in [5, 5.41) is 3.47. The van der Waals surface area contributed by atoms with E-state index in [9.17, 15) is 4.39 Å². The molecule has 0 bridgehead atoms. The lowest BCUT2D eigenvalue weighted by Gasteiger charge is -2.27. The van der Waals surface area contributed by atoms with Gasteiger partial charge in [-0.1, -0.05) is 30.3 Å². The quantitative estimate of drug-likeness (QED) is 0.778. The Bertz CT molecular complexity index is 522. The molecule has 86 valence electrons. The number of benzene rings is 2. The Morgan fingerprint density at radius 2 is 1.88 bits per heavy atom. The van der Waals surface area contributed by atoms with Gasteiger partial charge >= 0.3 is 0 Å². The van der Waals surface area contributed by atoms with Crippen molar-refractivity contribution in [2.24, 2.45) is 0 Å². The van der Waals surface area contributed by atoms with E-state index in [1.54, 1.807) is 6.07 Å². The third-order valence-electron chi connectivity index (χ3n) is 3.30. The maximum atomic E-state index is 13.1. The highest BCUT2D eigenvalue weighted by Crippen LogP contribution is 2.32. The molecule has 1 aliphatic heterocycles. The Morgan fingerprint density at radius 1 is 1.06 bits per heavy atom. The summed E-state index contributed by atoms with van der Waals surface area (Å²) in [6.45, 7) is 0. The summed E-state index contributed by atoms with van der Waals surface area (Å²) in [6, 6.07) is 15.7. The Labute approximate surface area is 100 Å². The normalized spacial score (nSPS) is 18.3. The minimum absolute atomic E-state index is 0.149. The predicted octanol–water partition coefficient (Wildman–Crippen LogP) is 3.93. The third-order valence-corrected chi connectivity index (χ3v) is 3.30. The van der Waals surface area contributed by atoms with Crippen molar-refractivity contribution in [3.8, 4) is 0 Å². The maximum absolute atomic E-state index is 13.1. The van der Waals surface area contributed by atoms with Gasteiger partial charge in [-0.2, -0.15) is 0 Å². The van der Waals surface area contributed by atoms with E-state index in [-0.39, 0.29) is 5.82 Å². The van der Waals surface area contributed by atoms with E-state index < -0.39 is 0 Å². The zero-order valence-corrected chi connectivity index (χ0v) is 9.49. The summed E-state index contributed by atoms with van der Waals surface area (Å²) >= 11 is 0. The van der Waals surface area contributed by atoms with Gasteiger partial charge in [0.2, 0.25) is 0 Å². The lowest BCUT2D eigenvalue weighted by Crippen LogP contribution is -2.17. The second-order valence-electron chi connectivity index (χ2n) is 4.45.